The van der Waals surface area contributed by atoms with Crippen molar-refractivity contribution in [2.75, 3.05) is 18.6 Å². The second-order valence-electron chi connectivity index (χ2n) is 5.09. The van der Waals surface area contributed by atoms with E-state index in [-0.39, 0.29) is 12.2 Å². The predicted molar refractivity (Wildman–Crippen MR) is 85.6 cm³/mol. The molecule has 0 aliphatic carbocycles. The Morgan fingerprint density at radius 2 is 1.75 bits per heavy atom. The zero-order chi connectivity index (χ0) is 17.7. The van der Waals surface area contributed by atoms with E-state index in [2.05, 4.69) is 0 Å². The van der Waals surface area contributed by atoms with Gasteiger partial charge in [0.05, 0.1) is 6.61 Å². The highest BCUT2D eigenvalue weighted by Crippen LogP contribution is 2.24. The molecule has 0 saturated heterocycles. The topological polar surface area (TPSA) is 46.6 Å². The van der Waals surface area contributed by atoms with Gasteiger partial charge in [0.15, 0.2) is 17.6 Å². The zero-order valence-electron chi connectivity index (χ0n) is 13.3. The lowest BCUT2D eigenvalue weighted by Crippen LogP contribution is -2.36. The van der Waals surface area contributed by atoms with E-state index in [1.165, 1.54) is 18.0 Å². The first-order valence-corrected chi connectivity index (χ1v) is 7.40. The van der Waals surface area contributed by atoms with Gasteiger partial charge in [0.1, 0.15) is 0 Å². The number of rotatable bonds is 5. The van der Waals surface area contributed by atoms with Crippen molar-refractivity contribution in [2.45, 2.75) is 12.8 Å². The Morgan fingerprint density at radius 1 is 1.08 bits per heavy atom. The first-order chi connectivity index (χ1) is 11.5. The van der Waals surface area contributed by atoms with Crippen molar-refractivity contribution < 1.29 is 23.1 Å². The van der Waals surface area contributed by atoms with E-state index in [0.717, 1.165) is 12.1 Å². The van der Waals surface area contributed by atoms with Crippen molar-refractivity contribution in [3.63, 3.8) is 0 Å². The average molecular weight is 333 g/mol. The first kappa shape index (κ1) is 17.6. The first-order valence-electron chi connectivity index (χ1n) is 7.40. The van der Waals surface area contributed by atoms with Crippen LogP contribution in [0.4, 0.5) is 14.5 Å². The van der Waals surface area contributed by atoms with Crippen LogP contribution in [0.1, 0.15) is 18.4 Å². The summed E-state index contributed by atoms with van der Waals surface area (Å²) in [6, 6.07) is 11.6. The fourth-order valence-electron chi connectivity index (χ4n) is 2.27. The van der Waals surface area contributed by atoms with Crippen molar-refractivity contribution >= 4 is 17.6 Å². The molecule has 2 rings (SSSR count). The summed E-state index contributed by atoms with van der Waals surface area (Å²) in [7, 11) is 1.50. The van der Waals surface area contributed by atoms with Gasteiger partial charge in [-0.3, -0.25) is 9.59 Å². The maximum atomic E-state index is 13.5. The summed E-state index contributed by atoms with van der Waals surface area (Å²) in [6.07, 6.45) is 0. The maximum absolute atomic E-state index is 13.5. The number of carbonyl (C=O) groups is 2. The lowest BCUT2D eigenvalue weighted by atomic mass is 9.97. The summed E-state index contributed by atoms with van der Waals surface area (Å²) >= 11 is 0. The van der Waals surface area contributed by atoms with Gasteiger partial charge >= 0.3 is 5.97 Å². The van der Waals surface area contributed by atoms with Crippen LogP contribution in [-0.2, 0) is 14.3 Å². The Bertz CT molecular complexity index is 734. The number of halogens is 2. The van der Waals surface area contributed by atoms with Gasteiger partial charge in [0, 0.05) is 12.7 Å². The van der Waals surface area contributed by atoms with E-state index in [1.807, 2.05) is 0 Å². The number of anilines is 1. The van der Waals surface area contributed by atoms with Crippen molar-refractivity contribution in [2.24, 2.45) is 0 Å². The van der Waals surface area contributed by atoms with Gasteiger partial charge in [-0.25, -0.2) is 8.78 Å². The number of esters is 1. The predicted octanol–water partition coefficient (Wildman–Crippen LogP) is 3.27. The molecule has 0 aromatic heterocycles. The third kappa shape index (κ3) is 3.76. The molecule has 126 valence electrons. The van der Waals surface area contributed by atoms with Crippen LogP contribution in [0, 0.1) is 11.6 Å². The number of carbonyl (C=O) groups excluding carboxylic acids is 2. The molecule has 0 spiro atoms. The second-order valence-corrected chi connectivity index (χ2v) is 5.09. The van der Waals surface area contributed by atoms with Crippen LogP contribution in [0.2, 0.25) is 0 Å². The van der Waals surface area contributed by atoms with Gasteiger partial charge in [0.2, 0.25) is 5.91 Å². The second kappa shape index (κ2) is 7.68. The van der Waals surface area contributed by atoms with Crippen LogP contribution in [0.15, 0.2) is 48.5 Å². The molecule has 1 atom stereocenters. The maximum Gasteiger partial charge on any atom is 0.323 e. The summed E-state index contributed by atoms with van der Waals surface area (Å²) in [4.78, 5) is 26.3. The summed E-state index contributed by atoms with van der Waals surface area (Å²) in [5.41, 5.74) is 0.611. The number of hydrogen-bond acceptors (Lipinski definition) is 3. The van der Waals surface area contributed by atoms with Crippen LogP contribution in [-0.4, -0.2) is 25.5 Å². The van der Waals surface area contributed by atoms with Crippen LogP contribution in [0.5, 0.6) is 0 Å². The van der Waals surface area contributed by atoms with Crippen LogP contribution in [0.3, 0.4) is 0 Å². The molecule has 0 aliphatic heterocycles. The molecule has 0 fully saturated rings. The molecule has 0 saturated carbocycles. The smallest absolute Gasteiger partial charge is 0.323 e. The molecule has 0 heterocycles. The Morgan fingerprint density at radius 3 is 2.33 bits per heavy atom. The number of nitrogens with zero attached hydrogens (tertiary/aromatic N) is 1. The van der Waals surface area contributed by atoms with Crippen molar-refractivity contribution in [1.29, 1.82) is 0 Å². The molecule has 1 unspecified atom stereocenters. The summed E-state index contributed by atoms with van der Waals surface area (Å²) in [5, 5.41) is 0. The van der Waals surface area contributed by atoms with Crippen molar-refractivity contribution in [3.8, 4) is 0 Å². The molecule has 0 aliphatic rings. The Labute approximate surface area is 138 Å². The van der Waals surface area contributed by atoms with Gasteiger partial charge in [-0.2, -0.15) is 0 Å². The SMILES string of the molecule is CCOC(=O)C(C(=O)N(C)c1ccccc1)c1ccc(F)c(F)c1. The van der Waals surface area contributed by atoms with E-state index in [4.69, 9.17) is 4.74 Å². The average Bonchev–Trinajstić information content (AvgIpc) is 2.58. The molecular weight excluding hydrogens is 316 g/mol. The van der Waals surface area contributed by atoms with Gasteiger partial charge in [-0.1, -0.05) is 24.3 Å². The quantitative estimate of drug-likeness (QED) is 0.623. The van der Waals surface area contributed by atoms with E-state index >= 15 is 0 Å². The number of ether oxygens (including phenoxy) is 1. The fourth-order valence-corrected chi connectivity index (χ4v) is 2.27. The Balaban J connectivity index is 2.40. The monoisotopic (exact) mass is 333 g/mol. The van der Waals surface area contributed by atoms with Gasteiger partial charge < -0.3 is 9.64 Å². The highest BCUT2D eigenvalue weighted by molar-refractivity contribution is 6.10. The Hall–Kier alpha value is -2.76. The highest BCUT2D eigenvalue weighted by atomic mass is 19.2. The number of amides is 1. The van der Waals surface area contributed by atoms with E-state index < -0.39 is 29.4 Å². The van der Waals surface area contributed by atoms with Crippen LogP contribution in [0.25, 0.3) is 0 Å². The molecule has 0 radical (unpaired) electrons. The normalized spacial score (nSPS) is 11.7. The largest absolute Gasteiger partial charge is 0.465 e. The van der Waals surface area contributed by atoms with Gasteiger partial charge in [-0.15, -0.1) is 0 Å². The number of para-hydroxylation sites is 1. The van der Waals surface area contributed by atoms with Crippen molar-refractivity contribution in [3.05, 3.63) is 65.7 Å². The molecule has 2 aromatic rings. The molecule has 2 aromatic carbocycles. The minimum absolute atomic E-state index is 0.0418. The lowest BCUT2D eigenvalue weighted by Gasteiger charge is -2.23. The van der Waals surface area contributed by atoms with E-state index in [0.29, 0.717) is 5.69 Å². The molecule has 6 heteroatoms. The standard InChI is InChI=1S/C18H17F2NO3/c1-3-24-18(23)16(12-9-10-14(19)15(20)11-12)17(22)21(2)13-7-5-4-6-8-13/h4-11,16H,3H2,1-2H3. The molecule has 1 amide bonds. The summed E-state index contributed by atoms with van der Waals surface area (Å²) < 4.78 is 31.6. The zero-order valence-corrected chi connectivity index (χ0v) is 13.3. The van der Waals surface area contributed by atoms with E-state index in [9.17, 15) is 18.4 Å². The highest BCUT2D eigenvalue weighted by Gasteiger charge is 2.33. The van der Waals surface area contributed by atoms with Crippen LogP contribution < -0.4 is 4.90 Å². The minimum atomic E-state index is -1.37. The van der Waals surface area contributed by atoms with Crippen LogP contribution >= 0.6 is 0 Å². The lowest BCUT2D eigenvalue weighted by molar-refractivity contribution is -0.147. The molecule has 0 bridgehead atoms. The van der Waals surface area contributed by atoms with Crippen molar-refractivity contribution in [1.82, 2.24) is 0 Å². The molecule has 24 heavy (non-hydrogen) atoms. The molecular formula is C18H17F2NO3. The summed E-state index contributed by atoms with van der Waals surface area (Å²) in [5.74, 6) is -4.95. The Kier molecular flexibility index (Phi) is 5.63. The number of benzene rings is 2. The van der Waals surface area contributed by atoms with Gasteiger partial charge in [-0.05, 0) is 36.8 Å². The van der Waals surface area contributed by atoms with Gasteiger partial charge in [0.25, 0.3) is 0 Å². The fraction of sp³-hybridized carbons (Fsp3) is 0.222. The minimum Gasteiger partial charge on any atom is -0.465 e. The third-order valence-corrected chi connectivity index (χ3v) is 3.52. The summed E-state index contributed by atoms with van der Waals surface area (Å²) in [6.45, 7) is 1.67. The molecule has 0 N–H and O–H groups in total. The van der Waals surface area contributed by atoms with E-state index in [1.54, 1.807) is 37.3 Å². The number of likely N-dealkylation sites (N-methyl/N-ethyl adjacent to an activating group) is 1. The third-order valence-electron chi connectivity index (χ3n) is 3.52. The molecule has 4 nitrogen and oxygen atoms in total. The number of hydrogen-bond donors (Lipinski definition) is 0.